The minimum absolute atomic E-state index is 0.153. The largest absolute Gasteiger partial charge is 0.352 e. The van der Waals surface area contributed by atoms with E-state index in [1.807, 2.05) is 25.7 Å². The smallest absolute Gasteiger partial charge is 0.254 e. The minimum Gasteiger partial charge on any atom is -0.352 e. The molecule has 0 aliphatic carbocycles. The summed E-state index contributed by atoms with van der Waals surface area (Å²) in [6, 6.07) is 0. The molecule has 0 unspecified atom stereocenters. The normalized spacial score (nSPS) is 19.0. The van der Waals surface area contributed by atoms with Crippen molar-refractivity contribution < 1.29 is 9.59 Å². The molecule has 1 aliphatic rings. The predicted octanol–water partition coefficient (Wildman–Crippen LogP) is 1.16. The average Bonchev–Trinajstić information content (AvgIpc) is 2.78. The highest BCUT2D eigenvalue weighted by Crippen LogP contribution is 2.25. The number of carbonyl (C=O) groups is 2. The second-order valence-electron chi connectivity index (χ2n) is 6.47. The van der Waals surface area contributed by atoms with E-state index in [2.05, 4.69) is 15.3 Å². The molecule has 1 aliphatic heterocycles. The molecule has 1 aromatic rings. The fraction of sp³-hybridized carbons (Fsp3) is 0.600. The van der Waals surface area contributed by atoms with E-state index >= 15 is 0 Å². The maximum atomic E-state index is 12.0. The first-order chi connectivity index (χ1) is 9.77. The van der Waals surface area contributed by atoms with Crippen molar-refractivity contribution in [2.75, 3.05) is 13.1 Å². The maximum Gasteiger partial charge on any atom is 0.254 e. The monoisotopic (exact) mass is 290 g/mol. The van der Waals surface area contributed by atoms with Gasteiger partial charge in [-0.25, -0.2) is 9.97 Å². The van der Waals surface area contributed by atoms with E-state index in [0.717, 1.165) is 0 Å². The second kappa shape index (κ2) is 5.79. The van der Waals surface area contributed by atoms with Crippen LogP contribution in [0.4, 0.5) is 0 Å². The third-order valence-electron chi connectivity index (χ3n) is 3.61. The number of nitrogens with zero attached hydrogens (tertiary/aromatic N) is 3. The maximum absolute atomic E-state index is 12.0. The Morgan fingerprint density at radius 1 is 1.38 bits per heavy atom. The summed E-state index contributed by atoms with van der Waals surface area (Å²) in [5, 5.41) is 2.86. The SMILES string of the molecule is Cc1ncc(C(=O)NC[C@H]2CC(=O)N(C(C)(C)C)C2)cn1. The first kappa shape index (κ1) is 15.4. The van der Waals surface area contributed by atoms with E-state index in [9.17, 15) is 9.59 Å². The van der Waals surface area contributed by atoms with Crippen LogP contribution in [-0.4, -0.2) is 45.3 Å². The second-order valence-corrected chi connectivity index (χ2v) is 6.47. The van der Waals surface area contributed by atoms with Crippen molar-refractivity contribution in [1.29, 1.82) is 0 Å². The summed E-state index contributed by atoms with van der Waals surface area (Å²) in [5.41, 5.74) is 0.276. The number of amides is 2. The highest BCUT2D eigenvalue weighted by Gasteiger charge is 2.36. The lowest BCUT2D eigenvalue weighted by Crippen LogP contribution is -2.42. The first-order valence-corrected chi connectivity index (χ1v) is 7.14. The highest BCUT2D eigenvalue weighted by molar-refractivity contribution is 5.93. The number of likely N-dealkylation sites (tertiary alicyclic amines) is 1. The van der Waals surface area contributed by atoms with Crippen LogP contribution in [0.15, 0.2) is 12.4 Å². The lowest BCUT2D eigenvalue weighted by molar-refractivity contribution is -0.131. The van der Waals surface area contributed by atoms with E-state index in [4.69, 9.17) is 0 Å². The lowest BCUT2D eigenvalue weighted by Gasteiger charge is -2.32. The molecule has 0 radical (unpaired) electrons. The van der Waals surface area contributed by atoms with Gasteiger partial charge in [0.1, 0.15) is 5.82 Å². The number of aromatic nitrogens is 2. The molecule has 6 heteroatoms. The Bertz CT molecular complexity index is 534. The summed E-state index contributed by atoms with van der Waals surface area (Å²) in [7, 11) is 0. The Morgan fingerprint density at radius 2 is 2.00 bits per heavy atom. The molecule has 1 fully saturated rings. The molecule has 2 amide bonds. The van der Waals surface area contributed by atoms with Gasteiger partial charge in [-0.05, 0) is 27.7 Å². The van der Waals surface area contributed by atoms with E-state index in [1.54, 1.807) is 6.92 Å². The molecular formula is C15H22N4O2. The van der Waals surface area contributed by atoms with Gasteiger partial charge < -0.3 is 10.2 Å². The summed E-state index contributed by atoms with van der Waals surface area (Å²) in [6.07, 6.45) is 3.51. The first-order valence-electron chi connectivity index (χ1n) is 7.14. The van der Waals surface area contributed by atoms with Crippen molar-refractivity contribution in [3.8, 4) is 0 Å². The van der Waals surface area contributed by atoms with Crippen molar-refractivity contribution in [3.63, 3.8) is 0 Å². The Morgan fingerprint density at radius 3 is 2.52 bits per heavy atom. The zero-order valence-corrected chi connectivity index (χ0v) is 13.0. The molecule has 2 rings (SSSR count). The summed E-state index contributed by atoms with van der Waals surface area (Å²) in [6.45, 7) is 9.02. The molecule has 1 aromatic heterocycles. The van der Waals surface area contributed by atoms with Crippen molar-refractivity contribution >= 4 is 11.8 Å². The van der Waals surface area contributed by atoms with E-state index in [1.165, 1.54) is 12.4 Å². The van der Waals surface area contributed by atoms with Crippen molar-refractivity contribution in [2.45, 2.75) is 39.7 Å². The summed E-state index contributed by atoms with van der Waals surface area (Å²) in [5.74, 6) is 0.748. The van der Waals surface area contributed by atoms with E-state index in [-0.39, 0.29) is 23.3 Å². The third kappa shape index (κ3) is 3.77. The van der Waals surface area contributed by atoms with Crippen molar-refractivity contribution in [1.82, 2.24) is 20.2 Å². The van der Waals surface area contributed by atoms with Crippen LogP contribution >= 0.6 is 0 Å². The van der Waals surface area contributed by atoms with Crippen LogP contribution in [0, 0.1) is 12.8 Å². The summed E-state index contributed by atoms with van der Waals surface area (Å²) in [4.78, 5) is 33.8. The van der Waals surface area contributed by atoms with Gasteiger partial charge in [0.2, 0.25) is 5.91 Å². The van der Waals surface area contributed by atoms with Crippen LogP contribution < -0.4 is 5.32 Å². The minimum atomic E-state index is -0.198. The standard InChI is InChI=1S/C15H22N4O2/c1-10-16-7-12(8-17-10)14(21)18-6-11-5-13(20)19(9-11)15(2,3)4/h7-8,11H,5-6,9H2,1-4H3,(H,18,21)/t11-/m1/s1. The topological polar surface area (TPSA) is 75.2 Å². The molecule has 0 saturated carbocycles. The molecule has 0 aromatic carbocycles. The lowest BCUT2D eigenvalue weighted by atomic mass is 10.1. The van der Waals surface area contributed by atoms with Gasteiger partial charge in [-0.15, -0.1) is 0 Å². The Labute approximate surface area is 125 Å². The summed E-state index contributed by atoms with van der Waals surface area (Å²) < 4.78 is 0. The van der Waals surface area contributed by atoms with Crippen LogP contribution in [0.5, 0.6) is 0 Å². The molecule has 1 N–H and O–H groups in total. The van der Waals surface area contributed by atoms with E-state index < -0.39 is 0 Å². The quantitative estimate of drug-likeness (QED) is 0.906. The van der Waals surface area contributed by atoms with Gasteiger partial charge in [0, 0.05) is 43.4 Å². The fourth-order valence-electron chi connectivity index (χ4n) is 2.42. The van der Waals surface area contributed by atoms with Crippen molar-refractivity contribution in [3.05, 3.63) is 23.8 Å². The molecule has 1 saturated heterocycles. The van der Waals surface area contributed by atoms with Crippen LogP contribution in [0.3, 0.4) is 0 Å². The third-order valence-corrected chi connectivity index (χ3v) is 3.61. The Hall–Kier alpha value is -1.98. The number of hydrogen-bond donors (Lipinski definition) is 1. The van der Waals surface area contributed by atoms with Gasteiger partial charge in [-0.2, -0.15) is 0 Å². The van der Waals surface area contributed by atoms with Crippen LogP contribution in [0.25, 0.3) is 0 Å². The van der Waals surface area contributed by atoms with Crippen molar-refractivity contribution in [2.24, 2.45) is 5.92 Å². The molecule has 0 spiro atoms. The van der Waals surface area contributed by atoms with Crippen LogP contribution in [-0.2, 0) is 4.79 Å². The summed E-state index contributed by atoms with van der Waals surface area (Å²) >= 11 is 0. The predicted molar refractivity (Wildman–Crippen MR) is 78.7 cm³/mol. The molecule has 21 heavy (non-hydrogen) atoms. The van der Waals surface area contributed by atoms with Gasteiger partial charge in [0.05, 0.1) is 5.56 Å². The van der Waals surface area contributed by atoms with Gasteiger partial charge in [0.25, 0.3) is 5.91 Å². The number of aryl methyl sites for hydroxylation is 1. The molecule has 6 nitrogen and oxygen atoms in total. The van der Waals surface area contributed by atoms with E-state index in [0.29, 0.717) is 30.9 Å². The van der Waals surface area contributed by atoms with Gasteiger partial charge in [-0.1, -0.05) is 0 Å². The molecular weight excluding hydrogens is 268 g/mol. The number of carbonyl (C=O) groups excluding carboxylic acids is 2. The van der Waals surface area contributed by atoms with Crippen LogP contribution in [0.2, 0.25) is 0 Å². The molecule has 1 atom stereocenters. The molecule has 2 heterocycles. The highest BCUT2D eigenvalue weighted by atomic mass is 16.2. The average molecular weight is 290 g/mol. The zero-order valence-electron chi connectivity index (χ0n) is 13.0. The van der Waals surface area contributed by atoms with Gasteiger partial charge >= 0.3 is 0 Å². The van der Waals surface area contributed by atoms with Gasteiger partial charge in [0.15, 0.2) is 0 Å². The Kier molecular flexibility index (Phi) is 4.25. The Balaban J connectivity index is 1.88. The molecule has 114 valence electrons. The number of hydrogen-bond acceptors (Lipinski definition) is 4. The number of nitrogens with one attached hydrogen (secondary N) is 1. The number of rotatable bonds is 3. The molecule has 0 bridgehead atoms. The van der Waals surface area contributed by atoms with Gasteiger partial charge in [-0.3, -0.25) is 9.59 Å². The fourth-order valence-corrected chi connectivity index (χ4v) is 2.42. The zero-order chi connectivity index (χ0) is 15.6. The van der Waals surface area contributed by atoms with Crippen LogP contribution in [0.1, 0.15) is 43.4 Å².